The molecular formula is C20H17FN4. The van der Waals surface area contributed by atoms with Gasteiger partial charge in [-0.3, -0.25) is 4.40 Å². The number of fused-ring (bicyclic) bond motifs is 1. The van der Waals surface area contributed by atoms with E-state index in [1.54, 1.807) is 12.3 Å². The molecule has 4 rings (SSSR count). The SMILES string of the molecule is Cc1cccc(C)c1Nc1c(-c2cccc(F)c2)nc2ncccn12. The fourth-order valence-electron chi connectivity index (χ4n) is 2.97. The highest BCUT2D eigenvalue weighted by molar-refractivity contribution is 5.80. The minimum atomic E-state index is -0.291. The molecule has 25 heavy (non-hydrogen) atoms. The van der Waals surface area contributed by atoms with Crippen molar-refractivity contribution in [1.82, 2.24) is 14.4 Å². The number of nitrogens with one attached hydrogen (secondary N) is 1. The first-order chi connectivity index (χ1) is 12.1. The summed E-state index contributed by atoms with van der Waals surface area (Å²) in [4.78, 5) is 8.92. The molecule has 0 unspecified atom stereocenters. The molecule has 0 bridgehead atoms. The molecule has 0 spiro atoms. The van der Waals surface area contributed by atoms with Crippen molar-refractivity contribution in [2.75, 3.05) is 5.32 Å². The molecule has 1 N–H and O–H groups in total. The second-order valence-corrected chi connectivity index (χ2v) is 6.00. The van der Waals surface area contributed by atoms with Gasteiger partial charge >= 0.3 is 0 Å². The van der Waals surface area contributed by atoms with Crippen LogP contribution in [0.2, 0.25) is 0 Å². The molecule has 5 heteroatoms. The van der Waals surface area contributed by atoms with Crippen LogP contribution in [-0.4, -0.2) is 14.4 Å². The van der Waals surface area contributed by atoms with Gasteiger partial charge in [0, 0.05) is 23.6 Å². The molecule has 0 radical (unpaired) electrons. The van der Waals surface area contributed by atoms with Crippen molar-refractivity contribution in [1.29, 1.82) is 0 Å². The van der Waals surface area contributed by atoms with Crippen LogP contribution in [0.4, 0.5) is 15.9 Å². The van der Waals surface area contributed by atoms with Gasteiger partial charge < -0.3 is 5.32 Å². The Labute approximate surface area is 145 Å². The van der Waals surface area contributed by atoms with Gasteiger partial charge in [-0.25, -0.2) is 14.4 Å². The van der Waals surface area contributed by atoms with Crippen LogP contribution >= 0.6 is 0 Å². The molecule has 0 aliphatic heterocycles. The second-order valence-electron chi connectivity index (χ2n) is 6.00. The predicted octanol–water partition coefficient (Wildman–Crippen LogP) is 4.90. The number of halogens is 1. The first kappa shape index (κ1) is 15.3. The Morgan fingerprint density at radius 1 is 1.00 bits per heavy atom. The number of aryl methyl sites for hydroxylation is 2. The number of anilines is 2. The topological polar surface area (TPSA) is 42.2 Å². The van der Waals surface area contributed by atoms with E-state index in [1.165, 1.54) is 12.1 Å². The minimum absolute atomic E-state index is 0.291. The van der Waals surface area contributed by atoms with Crippen LogP contribution in [0, 0.1) is 19.7 Å². The van der Waals surface area contributed by atoms with Gasteiger partial charge in [0.25, 0.3) is 0 Å². The first-order valence-electron chi connectivity index (χ1n) is 8.06. The van der Waals surface area contributed by atoms with Crippen LogP contribution in [0.25, 0.3) is 17.0 Å². The lowest BCUT2D eigenvalue weighted by Gasteiger charge is -2.13. The fraction of sp³-hybridized carbons (Fsp3) is 0.100. The van der Waals surface area contributed by atoms with E-state index in [1.807, 2.05) is 28.8 Å². The zero-order valence-electron chi connectivity index (χ0n) is 14.0. The van der Waals surface area contributed by atoms with E-state index >= 15 is 0 Å². The van der Waals surface area contributed by atoms with Gasteiger partial charge in [0.15, 0.2) is 0 Å². The van der Waals surface area contributed by atoms with Gasteiger partial charge in [0.05, 0.1) is 0 Å². The highest BCUT2D eigenvalue weighted by atomic mass is 19.1. The van der Waals surface area contributed by atoms with E-state index in [2.05, 4.69) is 41.3 Å². The number of para-hydroxylation sites is 1. The average molecular weight is 332 g/mol. The molecule has 0 atom stereocenters. The Morgan fingerprint density at radius 3 is 2.52 bits per heavy atom. The molecule has 0 amide bonds. The van der Waals surface area contributed by atoms with E-state index in [4.69, 9.17) is 0 Å². The fourth-order valence-corrected chi connectivity index (χ4v) is 2.97. The van der Waals surface area contributed by atoms with Gasteiger partial charge in [-0.2, -0.15) is 0 Å². The molecule has 0 saturated heterocycles. The highest BCUT2D eigenvalue weighted by Crippen LogP contribution is 2.32. The Bertz CT molecular complexity index is 1050. The van der Waals surface area contributed by atoms with E-state index < -0.39 is 0 Å². The molecular weight excluding hydrogens is 315 g/mol. The smallest absolute Gasteiger partial charge is 0.235 e. The highest BCUT2D eigenvalue weighted by Gasteiger charge is 2.16. The van der Waals surface area contributed by atoms with Crippen LogP contribution in [0.3, 0.4) is 0 Å². The molecule has 124 valence electrons. The van der Waals surface area contributed by atoms with Crippen molar-refractivity contribution in [3.63, 3.8) is 0 Å². The Balaban J connectivity index is 1.94. The molecule has 2 heterocycles. The standard InChI is InChI=1S/C20H17FN4/c1-13-6-3-7-14(2)17(13)23-19-18(15-8-4-9-16(21)12-15)24-20-22-10-5-11-25(19)20/h3-12,23H,1-2H3. The lowest BCUT2D eigenvalue weighted by Crippen LogP contribution is -2.01. The van der Waals surface area contributed by atoms with Gasteiger partial charge in [0.1, 0.15) is 17.3 Å². The normalized spacial score (nSPS) is 11.0. The largest absolute Gasteiger partial charge is 0.339 e. The van der Waals surface area contributed by atoms with Crippen LogP contribution in [0.5, 0.6) is 0 Å². The maximum Gasteiger partial charge on any atom is 0.235 e. The van der Waals surface area contributed by atoms with Gasteiger partial charge in [0.2, 0.25) is 5.78 Å². The summed E-state index contributed by atoms with van der Waals surface area (Å²) in [5.41, 5.74) is 4.65. The van der Waals surface area contributed by atoms with Crippen molar-refractivity contribution >= 4 is 17.3 Å². The number of nitrogens with zero attached hydrogens (tertiary/aromatic N) is 3. The van der Waals surface area contributed by atoms with Crippen LogP contribution in [0.15, 0.2) is 60.9 Å². The van der Waals surface area contributed by atoms with E-state index in [0.717, 1.165) is 22.6 Å². The Morgan fingerprint density at radius 2 is 1.76 bits per heavy atom. The average Bonchev–Trinajstić information content (AvgIpc) is 2.97. The molecule has 4 nitrogen and oxygen atoms in total. The molecule has 4 aromatic rings. The lowest BCUT2D eigenvalue weighted by molar-refractivity contribution is 0.628. The van der Waals surface area contributed by atoms with Crippen LogP contribution in [-0.2, 0) is 0 Å². The predicted molar refractivity (Wildman–Crippen MR) is 97.6 cm³/mol. The maximum atomic E-state index is 13.7. The van der Waals surface area contributed by atoms with Crippen LogP contribution < -0.4 is 5.32 Å². The lowest BCUT2D eigenvalue weighted by atomic mass is 10.1. The number of imidazole rings is 1. The van der Waals surface area contributed by atoms with Gasteiger partial charge in [-0.05, 0) is 43.2 Å². The van der Waals surface area contributed by atoms with Crippen molar-refractivity contribution in [2.24, 2.45) is 0 Å². The number of rotatable bonds is 3. The number of hydrogen-bond acceptors (Lipinski definition) is 3. The van der Waals surface area contributed by atoms with Gasteiger partial charge in [-0.1, -0.05) is 30.3 Å². The third kappa shape index (κ3) is 2.74. The maximum absolute atomic E-state index is 13.7. The summed E-state index contributed by atoms with van der Waals surface area (Å²) in [5, 5.41) is 3.49. The molecule has 0 aliphatic carbocycles. The van der Waals surface area contributed by atoms with Crippen molar-refractivity contribution in [2.45, 2.75) is 13.8 Å². The summed E-state index contributed by atoms with van der Waals surface area (Å²) >= 11 is 0. The van der Waals surface area contributed by atoms with Crippen molar-refractivity contribution in [3.8, 4) is 11.3 Å². The molecule has 2 aromatic carbocycles. The molecule has 2 aromatic heterocycles. The third-order valence-electron chi connectivity index (χ3n) is 4.23. The summed E-state index contributed by atoms with van der Waals surface area (Å²) in [6.07, 6.45) is 3.59. The molecule has 0 aliphatic rings. The zero-order valence-corrected chi connectivity index (χ0v) is 14.0. The summed E-state index contributed by atoms with van der Waals surface area (Å²) in [7, 11) is 0. The number of benzene rings is 2. The van der Waals surface area contributed by atoms with E-state index in [0.29, 0.717) is 17.0 Å². The minimum Gasteiger partial charge on any atom is -0.339 e. The molecule has 0 fully saturated rings. The summed E-state index contributed by atoms with van der Waals surface area (Å²) in [6, 6.07) is 14.4. The third-order valence-corrected chi connectivity index (χ3v) is 4.23. The molecule has 0 saturated carbocycles. The second kappa shape index (κ2) is 6.02. The Hall–Kier alpha value is -3.21. The van der Waals surface area contributed by atoms with Gasteiger partial charge in [-0.15, -0.1) is 0 Å². The van der Waals surface area contributed by atoms with Crippen molar-refractivity contribution < 1.29 is 4.39 Å². The monoisotopic (exact) mass is 332 g/mol. The summed E-state index contributed by atoms with van der Waals surface area (Å²) < 4.78 is 15.6. The van der Waals surface area contributed by atoms with Crippen molar-refractivity contribution in [3.05, 3.63) is 77.9 Å². The number of hydrogen-bond donors (Lipinski definition) is 1. The Kier molecular flexibility index (Phi) is 3.69. The zero-order chi connectivity index (χ0) is 17.4. The quantitative estimate of drug-likeness (QED) is 0.580. The summed E-state index contributed by atoms with van der Waals surface area (Å²) in [6.45, 7) is 4.11. The summed E-state index contributed by atoms with van der Waals surface area (Å²) in [5.74, 6) is 1.04. The number of aromatic nitrogens is 3. The first-order valence-corrected chi connectivity index (χ1v) is 8.06. The van der Waals surface area contributed by atoms with Crippen LogP contribution in [0.1, 0.15) is 11.1 Å². The van der Waals surface area contributed by atoms with E-state index in [9.17, 15) is 4.39 Å². The van der Waals surface area contributed by atoms with E-state index in [-0.39, 0.29) is 5.82 Å².